The van der Waals surface area contributed by atoms with Gasteiger partial charge in [0.15, 0.2) is 0 Å². The van der Waals surface area contributed by atoms with Gasteiger partial charge in [0.2, 0.25) is 5.91 Å². The highest BCUT2D eigenvalue weighted by molar-refractivity contribution is 5.96. The van der Waals surface area contributed by atoms with E-state index in [-0.39, 0.29) is 5.91 Å². The summed E-state index contributed by atoms with van der Waals surface area (Å²) in [6.45, 7) is 4.07. The maximum atomic E-state index is 12.2. The van der Waals surface area contributed by atoms with Crippen LogP contribution in [-0.2, 0) is 11.2 Å². The van der Waals surface area contributed by atoms with Gasteiger partial charge in [-0.3, -0.25) is 4.79 Å². The first-order valence-electron chi connectivity index (χ1n) is 6.82. The van der Waals surface area contributed by atoms with Gasteiger partial charge < -0.3 is 11.1 Å². The zero-order valence-corrected chi connectivity index (χ0v) is 11.9. The van der Waals surface area contributed by atoms with Gasteiger partial charge in [0.25, 0.3) is 0 Å². The second kappa shape index (κ2) is 6.35. The molecule has 3 N–H and O–H groups in total. The van der Waals surface area contributed by atoms with Crippen molar-refractivity contribution >= 4 is 11.6 Å². The fourth-order valence-corrected chi connectivity index (χ4v) is 2.09. The standard InChI is InChI=1S/C17H20N2O/c1-3-13-6-4-5-7-15(13)19-17(20)16(18)14-10-8-12(2)9-11-14/h4-11,16H,3,18H2,1-2H3,(H,19,20). The molecule has 1 unspecified atom stereocenters. The van der Waals surface area contributed by atoms with Crippen molar-refractivity contribution < 1.29 is 4.79 Å². The Hall–Kier alpha value is -2.13. The van der Waals surface area contributed by atoms with Gasteiger partial charge in [-0.1, -0.05) is 55.0 Å². The lowest BCUT2D eigenvalue weighted by Gasteiger charge is -2.15. The van der Waals surface area contributed by atoms with Crippen molar-refractivity contribution in [2.75, 3.05) is 5.32 Å². The van der Waals surface area contributed by atoms with Crippen molar-refractivity contribution in [1.29, 1.82) is 0 Å². The molecule has 0 radical (unpaired) electrons. The Morgan fingerprint density at radius 2 is 1.80 bits per heavy atom. The smallest absolute Gasteiger partial charge is 0.245 e. The normalized spacial score (nSPS) is 11.9. The number of nitrogens with two attached hydrogens (primary N) is 1. The number of anilines is 1. The van der Waals surface area contributed by atoms with Gasteiger partial charge in [-0.15, -0.1) is 0 Å². The fraction of sp³-hybridized carbons (Fsp3) is 0.235. The average molecular weight is 268 g/mol. The number of aryl methyl sites for hydroxylation is 2. The molecule has 0 spiro atoms. The van der Waals surface area contributed by atoms with E-state index < -0.39 is 6.04 Å². The van der Waals surface area contributed by atoms with Gasteiger partial charge in [-0.05, 0) is 30.5 Å². The van der Waals surface area contributed by atoms with Crippen molar-refractivity contribution in [3.8, 4) is 0 Å². The molecule has 0 bridgehead atoms. The number of carbonyl (C=O) groups excluding carboxylic acids is 1. The summed E-state index contributed by atoms with van der Waals surface area (Å²) in [5.74, 6) is -0.185. The number of carbonyl (C=O) groups is 1. The van der Waals surface area contributed by atoms with Crippen molar-refractivity contribution in [3.63, 3.8) is 0 Å². The molecule has 2 rings (SSSR count). The highest BCUT2D eigenvalue weighted by Gasteiger charge is 2.16. The Labute approximate surface area is 119 Å². The first-order chi connectivity index (χ1) is 9.61. The van der Waals surface area contributed by atoms with Crippen LogP contribution in [0.5, 0.6) is 0 Å². The van der Waals surface area contributed by atoms with Gasteiger partial charge in [0, 0.05) is 5.69 Å². The monoisotopic (exact) mass is 268 g/mol. The predicted molar refractivity (Wildman–Crippen MR) is 82.6 cm³/mol. The Kier molecular flexibility index (Phi) is 4.53. The first-order valence-corrected chi connectivity index (χ1v) is 6.82. The minimum absolute atomic E-state index is 0.185. The van der Waals surface area contributed by atoms with E-state index in [0.717, 1.165) is 28.8 Å². The summed E-state index contributed by atoms with van der Waals surface area (Å²) in [6, 6.07) is 14.8. The number of amides is 1. The lowest BCUT2D eigenvalue weighted by Crippen LogP contribution is -2.28. The van der Waals surface area contributed by atoms with Crippen LogP contribution in [0, 0.1) is 6.92 Å². The molecule has 0 saturated carbocycles. The summed E-state index contributed by atoms with van der Waals surface area (Å²) in [4.78, 5) is 12.2. The van der Waals surface area contributed by atoms with Gasteiger partial charge in [0.05, 0.1) is 0 Å². The van der Waals surface area contributed by atoms with Crippen LogP contribution in [0.2, 0.25) is 0 Å². The lowest BCUT2D eigenvalue weighted by molar-refractivity contribution is -0.117. The zero-order chi connectivity index (χ0) is 14.5. The molecule has 3 heteroatoms. The van der Waals surface area contributed by atoms with Gasteiger partial charge in [-0.25, -0.2) is 0 Å². The summed E-state index contributed by atoms with van der Waals surface area (Å²) in [5.41, 5.74) is 9.93. The zero-order valence-electron chi connectivity index (χ0n) is 11.9. The van der Waals surface area contributed by atoms with E-state index in [1.807, 2.05) is 55.5 Å². The highest BCUT2D eigenvalue weighted by Crippen LogP contribution is 2.18. The van der Waals surface area contributed by atoms with Crippen LogP contribution < -0.4 is 11.1 Å². The summed E-state index contributed by atoms with van der Waals surface area (Å²) in [5, 5.41) is 2.91. The molecule has 0 saturated heterocycles. The average Bonchev–Trinajstić information content (AvgIpc) is 2.48. The minimum atomic E-state index is -0.652. The topological polar surface area (TPSA) is 55.1 Å². The lowest BCUT2D eigenvalue weighted by atomic mass is 10.0. The molecular formula is C17H20N2O. The molecule has 0 aliphatic heterocycles. The highest BCUT2D eigenvalue weighted by atomic mass is 16.2. The summed E-state index contributed by atoms with van der Waals surface area (Å²) >= 11 is 0. The van der Waals surface area contributed by atoms with Crippen LogP contribution in [0.4, 0.5) is 5.69 Å². The molecule has 104 valence electrons. The van der Waals surface area contributed by atoms with Crippen molar-refractivity contribution in [2.45, 2.75) is 26.3 Å². The predicted octanol–water partition coefficient (Wildman–Crippen LogP) is 3.20. The number of benzene rings is 2. The van der Waals surface area contributed by atoms with E-state index in [0.29, 0.717) is 0 Å². The Morgan fingerprint density at radius 1 is 1.15 bits per heavy atom. The second-order valence-electron chi connectivity index (χ2n) is 4.89. The molecule has 2 aromatic carbocycles. The summed E-state index contributed by atoms with van der Waals surface area (Å²) in [7, 11) is 0. The molecule has 2 aromatic rings. The molecule has 3 nitrogen and oxygen atoms in total. The van der Waals surface area contributed by atoms with E-state index in [9.17, 15) is 4.79 Å². The molecule has 0 aliphatic rings. The Morgan fingerprint density at radius 3 is 2.45 bits per heavy atom. The van der Waals surface area contributed by atoms with Crippen molar-refractivity contribution in [3.05, 3.63) is 65.2 Å². The first kappa shape index (κ1) is 14.3. The molecule has 1 amide bonds. The number of rotatable bonds is 4. The van der Waals surface area contributed by atoms with E-state index in [2.05, 4.69) is 12.2 Å². The molecule has 0 aliphatic carbocycles. The quantitative estimate of drug-likeness (QED) is 0.894. The van der Waals surface area contributed by atoms with E-state index >= 15 is 0 Å². The third kappa shape index (κ3) is 3.25. The molecule has 0 aromatic heterocycles. The van der Waals surface area contributed by atoms with E-state index in [1.54, 1.807) is 0 Å². The van der Waals surface area contributed by atoms with Crippen LogP contribution in [-0.4, -0.2) is 5.91 Å². The van der Waals surface area contributed by atoms with Crippen molar-refractivity contribution in [1.82, 2.24) is 0 Å². The molecule has 0 heterocycles. The number of nitrogens with one attached hydrogen (secondary N) is 1. The van der Waals surface area contributed by atoms with E-state index in [4.69, 9.17) is 5.73 Å². The van der Waals surface area contributed by atoms with Gasteiger partial charge in [-0.2, -0.15) is 0 Å². The maximum Gasteiger partial charge on any atom is 0.245 e. The van der Waals surface area contributed by atoms with Gasteiger partial charge in [0.1, 0.15) is 6.04 Å². The largest absolute Gasteiger partial charge is 0.324 e. The van der Waals surface area contributed by atoms with Crippen molar-refractivity contribution in [2.24, 2.45) is 5.73 Å². The molecule has 0 fully saturated rings. The number of hydrogen-bond acceptors (Lipinski definition) is 2. The molecule has 1 atom stereocenters. The second-order valence-corrected chi connectivity index (χ2v) is 4.89. The molecular weight excluding hydrogens is 248 g/mol. The SMILES string of the molecule is CCc1ccccc1NC(=O)C(N)c1ccc(C)cc1. The number of hydrogen-bond donors (Lipinski definition) is 2. The summed E-state index contributed by atoms with van der Waals surface area (Å²) in [6.07, 6.45) is 0.871. The van der Waals surface area contributed by atoms with Gasteiger partial charge >= 0.3 is 0 Å². The van der Waals surface area contributed by atoms with E-state index in [1.165, 1.54) is 0 Å². The third-order valence-electron chi connectivity index (χ3n) is 3.38. The van der Waals surface area contributed by atoms with Crippen LogP contribution >= 0.6 is 0 Å². The number of para-hydroxylation sites is 1. The third-order valence-corrected chi connectivity index (χ3v) is 3.38. The van der Waals surface area contributed by atoms with Crippen LogP contribution in [0.1, 0.15) is 29.7 Å². The van der Waals surface area contributed by atoms with Crippen LogP contribution in [0.25, 0.3) is 0 Å². The minimum Gasteiger partial charge on any atom is -0.324 e. The Bertz CT molecular complexity index is 590. The van der Waals surface area contributed by atoms with Crippen LogP contribution in [0.3, 0.4) is 0 Å². The summed E-state index contributed by atoms with van der Waals surface area (Å²) < 4.78 is 0. The van der Waals surface area contributed by atoms with Crippen LogP contribution in [0.15, 0.2) is 48.5 Å². The fourth-order valence-electron chi connectivity index (χ4n) is 2.09. The maximum absolute atomic E-state index is 12.2. The molecule has 20 heavy (non-hydrogen) atoms. The Balaban J connectivity index is 2.13.